The molecule has 0 bridgehead atoms. The summed E-state index contributed by atoms with van der Waals surface area (Å²) < 4.78 is 5.29. The van der Waals surface area contributed by atoms with Crippen molar-refractivity contribution in [3.63, 3.8) is 0 Å². The first-order chi connectivity index (χ1) is 9.24. The molecule has 0 saturated carbocycles. The first kappa shape index (κ1) is 12.9. The van der Waals surface area contributed by atoms with E-state index in [1.54, 1.807) is 13.2 Å². The topological polar surface area (TPSA) is 66.1 Å². The summed E-state index contributed by atoms with van der Waals surface area (Å²) in [6, 6.07) is 11.4. The molecule has 1 heterocycles. The minimum atomic E-state index is -0.0801. The lowest BCUT2D eigenvalue weighted by Gasteiger charge is -2.08. The molecule has 19 heavy (non-hydrogen) atoms. The second-order valence-corrected chi connectivity index (χ2v) is 4.12. The Morgan fingerprint density at radius 2 is 2.11 bits per heavy atom. The van der Waals surface area contributed by atoms with Gasteiger partial charge in [0, 0.05) is 5.69 Å². The molecule has 4 nitrogen and oxygen atoms in total. The molecule has 0 amide bonds. The molecule has 96 valence electrons. The van der Waals surface area contributed by atoms with Gasteiger partial charge in [-0.15, -0.1) is 0 Å². The van der Waals surface area contributed by atoms with Crippen LogP contribution in [0.1, 0.15) is 16.8 Å². The van der Waals surface area contributed by atoms with E-state index in [0.717, 1.165) is 23.4 Å². The van der Waals surface area contributed by atoms with Gasteiger partial charge in [0.15, 0.2) is 5.75 Å². The minimum Gasteiger partial charge on any atom is -0.505 e. The molecule has 1 N–H and O–H groups in total. The highest BCUT2D eigenvalue weighted by molar-refractivity contribution is 5.41. The molecule has 0 atom stereocenters. The molecular formula is C15H14N2O2. The number of aryl methyl sites for hydroxylation is 2. The van der Waals surface area contributed by atoms with Crippen molar-refractivity contribution in [2.75, 3.05) is 7.11 Å². The summed E-state index contributed by atoms with van der Waals surface area (Å²) in [5, 5.41) is 18.2. The molecule has 4 heteroatoms. The third-order valence-corrected chi connectivity index (χ3v) is 2.90. The minimum absolute atomic E-state index is 0.0801. The van der Waals surface area contributed by atoms with Crippen molar-refractivity contribution in [3.8, 4) is 17.6 Å². The monoisotopic (exact) mass is 254 g/mol. The number of para-hydroxylation sites is 1. The summed E-state index contributed by atoms with van der Waals surface area (Å²) in [6.45, 7) is 0. The van der Waals surface area contributed by atoms with E-state index >= 15 is 0 Å². The van der Waals surface area contributed by atoms with Crippen LogP contribution in [0.15, 0.2) is 36.5 Å². The number of rotatable bonds is 4. The normalized spacial score (nSPS) is 9.89. The molecule has 2 rings (SSSR count). The van der Waals surface area contributed by atoms with E-state index in [2.05, 4.69) is 4.98 Å². The van der Waals surface area contributed by atoms with Gasteiger partial charge in [-0.2, -0.15) is 5.26 Å². The Morgan fingerprint density at radius 1 is 1.32 bits per heavy atom. The van der Waals surface area contributed by atoms with Gasteiger partial charge in [-0.05, 0) is 30.5 Å². The summed E-state index contributed by atoms with van der Waals surface area (Å²) in [6.07, 6.45) is 2.78. The quantitative estimate of drug-likeness (QED) is 0.910. The lowest BCUT2D eigenvalue weighted by molar-refractivity contribution is 0.409. The lowest BCUT2D eigenvalue weighted by atomic mass is 10.1. The number of aromatic hydroxyl groups is 1. The summed E-state index contributed by atoms with van der Waals surface area (Å²) in [4.78, 5) is 4.12. The second kappa shape index (κ2) is 5.87. The van der Waals surface area contributed by atoms with Crippen molar-refractivity contribution in [1.29, 1.82) is 5.26 Å². The molecule has 0 unspecified atom stereocenters. The van der Waals surface area contributed by atoms with Gasteiger partial charge in [-0.25, -0.2) is 0 Å². The summed E-state index contributed by atoms with van der Waals surface area (Å²) in [7, 11) is 1.64. The van der Waals surface area contributed by atoms with Crippen molar-refractivity contribution in [2.24, 2.45) is 0 Å². The molecule has 2 aromatic rings. The maximum atomic E-state index is 9.40. The van der Waals surface area contributed by atoms with Crippen LogP contribution in [0.4, 0.5) is 0 Å². The Bertz CT molecular complexity index is 618. The molecule has 0 aliphatic rings. The van der Waals surface area contributed by atoms with Crippen molar-refractivity contribution in [3.05, 3.63) is 53.3 Å². The number of ether oxygens (including phenoxy) is 1. The van der Waals surface area contributed by atoms with E-state index in [9.17, 15) is 5.11 Å². The molecule has 0 fully saturated rings. The number of hydrogen-bond acceptors (Lipinski definition) is 4. The predicted octanol–water partition coefficient (Wildman–Crippen LogP) is 2.45. The highest BCUT2D eigenvalue weighted by Crippen LogP contribution is 2.20. The van der Waals surface area contributed by atoms with Crippen molar-refractivity contribution in [1.82, 2.24) is 4.98 Å². The first-order valence-corrected chi connectivity index (χ1v) is 5.94. The van der Waals surface area contributed by atoms with Gasteiger partial charge in [-0.3, -0.25) is 4.98 Å². The number of nitrogens with zero attached hydrogens (tertiary/aromatic N) is 2. The Hall–Kier alpha value is -2.54. The number of nitriles is 1. The molecular weight excluding hydrogens is 240 g/mol. The van der Waals surface area contributed by atoms with Crippen molar-refractivity contribution < 1.29 is 9.84 Å². The summed E-state index contributed by atoms with van der Waals surface area (Å²) in [5.41, 5.74) is 2.13. The Morgan fingerprint density at radius 3 is 2.84 bits per heavy atom. The summed E-state index contributed by atoms with van der Waals surface area (Å²) >= 11 is 0. The van der Waals surface area contributed by atoms with Crippen molar-refractivity contribution >= 4 is 0 Å². The van der Waals surface area contributed by atoms with Crippen LogP contribution in [0.3, 0.4) is 0 Å². The highest BCUT2D eigenvalue weighted by Gasteiger charge is 2.06. The first-order valence-electron chi connectivity index (χ1n) is 5.94. The third kappa shape index (κ3) is 3.02. The van der Waals surface area contributed by atoms with Crippen LogP contribution in [-0.4, -0.2) is 17.2 Å². The van der Waals surface area contributed by atoms with E-state index in [1.807, 2.05) is 30.3 Å². The number of pyridine rings is 1. The third-order valence-electron chi connectivity index (χ3n) is 2.90. The zero-order chi connectivity index (χ0) is 13.7. The summed E-state index contributed by atoms with van der Waals surface area (Å²) in [5.74, 6) is 0.769. The van der Waals surface area contributed by atoms with E-state index in [1.165, 1.54) is 6.20 Å². The SMILES string of the molecule is COc1ccccc1CCc1cc(C#N)c(O)cn1. The molecule has 1 aromatic heterocycles. The second-order valence-electron chi connectivity index (χ2n) is 4.12. The molecule has 0 aliphatic carbocycles. The fourth-order valence-corrected chi connectivity index (χ4v) is 1.89. The fraction of sp³-hybridized carbons (Fsp3) is 0.200. The van der Waals surface area contributed by atoms with Crippen LogP contribution in [0.5, 0.6) is 11.5 Å². The van der Waals surface area contributed by atoms with Gasteiger partial charge in [0.2, 0.25) is 0 Å². The molecule has 0 aliphatic heterocycles. The molecule has 0 radical (unpaired) electrons. The maximum Gasteiger partial charge on any atom is 0.151 e. The van der Waals surface area contributed by atoms with E-state index in [4.69, 9.17) is 10.00 Å². The van der Waals surface area contributed by atoms with Crippen LogP contribution in [0, 0.1) is 11.3 Å². The Balaban J connectivity index is 2.13. The number of benzene rings is 1. The maximum absolute atomic E-state index is 9.40. The average molecular weight is 254 g/mol. The van der Waals surface area contributed by atoms with Gasteiger partial charge >= 0.3 is 0 Å². The van der Waals surface area contributed by atoms with E-state index in [0.29, 0.717) is 6.42 Å². The van der Waals surface area contributed by atoms with Gasteiger partial charge in [0.1, 0.15) is 11.8 Å². The lowest BCUT2D eigenvalue weighted by Crippen LogP contribution is -1.97. The smallest absolute Gasteiger partial charge is 0.151 e. The zero-order valence-electron chi connectivity index (χ0n) is 10.6. The van der Waals surface area contributed by atoms with Crippen LogP contribution < -0.4 is 4.74 Å². The fourth-order valence-electron chi connectivity index (χ4n) is 1.89. The largest absolute Gasteiger partial charge is 0.505 e. The van der Waals surface area contributed by atoms with Gasteiger partial charge in [0.25, 0.3) is 0 Å². The van der Waals surface area contributed by atoms with Gasteiger partial charge in [-0.1, -0.05) is 18.2 Å². The van der Waals surface area contributed by atoms with Crippen LogP contribution >= 0.6 is 0 Å². The predicted molar refractivity (Wildman–Crippen MR) is 71.0 cm³/mol. The average Bonchev–Trinajstić information content (AvgIpc) is 2.46. The number of hydrogen-bond donors (Lipinski definition) is 1. The standard InChI is InChI=1S/C15H14N2O2/c1-19-15-5-3-2-4-11(15)6-7-13-8-12(9-16)14(18)10-17-13/h2-5,8,10,18H,6-7H2,1H3. The molecule has 1 aromatic carbocycles. The van der Waals surface area contributed by atoms with Crippen molar-refractivity contribution in [2.45, 2.75) is 12.8 Å². The van der Waals surface area contributed by atoms with Crippen LogP contribution in [0.25, 0.3) is 0 Å². The van der Waals surface area contributed by atoms with Gasteiger partial charge in [0.05, 0.1) is 18.9 Å². The van der Waals surface area contributed by atoms with E-state index in [-0.39, 0.29) is 11.3 Å². The highest BCUT2D eigenvalue weighted by atomic mass is 16.5. The Labute approximate surface area is 111 Å². The number of methoxy groups -OCH3 is 1. The van der Waals surface area contributed by atoms with E-state index < -0.39 is 0 Å². The zero-order valence-corrected chi connectivity index (χ0v) is 10.6. The molecule has 0 saturated heterocycles. The molecule has 0 spiro atoms. The van der Waals surface area contributed by atoms with Crippen LogP contribution in [0.2, 0.25) is 0 Å². The number of aromatic nitrogens is 1. The van der Waals surface area contributed by atoms with Gasteiger partial charge < -0.3 is 9.84 Å². The Kier molecular flexibility index (Phi) is 3.99. The van der Waals surface area contributed by atoms with Crippen LogP contribution in [-0.2, 0) is 12.8 Å².